The molecule has 2 N–H and O–H groups in total. The maximum atomic E-state index is 12.3. The molecule has 3 aromatic rings. The zero-order valence-corrected chi connectivity index (χ0v) is 14.6. The van der Waals surface area contributed by atoms with Crippen LogP contribution in [0.2, 0.25) is 5.02 Å². The molecule has 0 radical (unpaired) electrons. The Bertz CT molecular complexity index is 925. The molecule has 0 fully saturated rings. The van der Waals surface area contributed by atoms with Gasteiger partial charge in [0.05, 0.1) is 10.5 Å². The van der Waals surface area contributed by atoms with Crippen LogP contribution in [0.25, 0.3) is 10.9 Å². The number of non-ortho nitro benzene ring substituents is 1. The Morgan fingerprint density at radius 3 is 2.72 bits per heavy atom. The van der Waals surface area contributed by atoms with Gasteiger partial charge in [-0.3, -0.25) is 14.9 Å². The van der Waals surface area contributed by atoms with Crippen molar-refractivity contribution in [2.24, 2.45) is 0 Å². The van der Waals surface area contributed by atoms with Crippen molar-refractivity contribution in [1.82, 2.24) is 10.3 Å². The van der Waals surface area contributed by atoms with E-state index in [0.717, 1.165) is 4.90 Å². The molecule has 0 spiro atoms. The Hall–Kier alpha value is -2.51. The van der Waals surface area contributed by atoms with Gasteiger partial charge in [-0.15, -0.1) is 11.8 Å². The number of H-pyrrole nitrogens is 1. The van der Waals surface area contributed by atoms with Crippen LogP contribution in [-0.4, -0.2) is 28.1 Å². The summed E-state index contributed by atoms with van der Waals surface area (Å²) in [5.74, 6) is 0.444. The second-order valence-corrected chi connectivity index (χ2v) is 6.85. The number of halogens is 1. The molecule has 2 aromatic carbocycles. The smallest absolute Gasteiger partial charge is 0.270 e. The van der Waals surface area contributed by atoms with Crippen molar-refractivity contribution in [2.75, 3.05) is 12.3 Å². The number of hydrogen-bond donors (Lipinski definition) is 2. The lowest BCUT2D eigenvalue weighted by atomic mass is 10.1. The quantitative estimate of drug-likeness (QED) is 0.292. The third kappa shape index (κ3) is 4.12. The fourth-order valence-corrected chi connectivity index (χ4v) is 3.26. The van der Waals surface area contributed by atoms with E-state index in [0.29, 0.717) is 33.8 Å². The van der Waals surface area contributed by atoms with Crippen LogP contribution in [0, 0.1) is 10.1 Å². The highest BCUT2D eigenvalue weighted by Crippen LogP contribution is 2.24. The van der Waals surface area contributed by atoms with Gasteiger partial charge in [0, 0.05) is 51.4 Å². The van der Waals surface area contributed by atoms with Crippen molar-refractivity contribution in [1.29, 1.82) is 0 Å². The van der Waals surface area contributed by atoms with Gasteiger partial charge in [-0.25, -0.2) is 0 Å². The molecule has 1 aromatic heterocycles. The predicted molar refractivity (Wildman–Crippen MR) is 99.5 cm³/mol. The van der Waals surface area contributed by atoms with Crippen LogP contribution in [0.1, 0.15) is 10.4 Å². The van der Waals surface area contributed by atoms with Crippen molar-refractivity contribution in [3.05, 3.63) is 69.4 Å². The standard InChI is InChI=1S/C17H14ClN3O3S/c18-11-1-4-13(5-2-11)25-8-7-19-17(22)15-10-20-16-6-3-12(21(23)24)9-14(15)16/h1-6,9-10,20H,7-8H2,(H,19,22). The summed E-state index contributed by atoms with van der Waals surface area (Å²) in [6.45, 7) is 0.480. The lowest BCUT2D eigenvalue weighted by Crippen LogP contribution is -2.25. The van der Waals surface area contributed by atoms with Gasteiger partial charge in [-0.05, 0) is 30.3 Å². The molecule has 0 aliphatic rings. The van der Waals surface area contributed by atoms with Crippen molar-refractivity contribution in [3.63, 3.8) is 0 Å². The summed E-state index contributed by atoms with van der Waals surface area (Å²) in [6.07, 6.45) is 1.57. The Kier molecular flexibility index (Phi) is 5.25. The van der Waals surface area contributed by atoms with Crippen LogP contribution >= 0.6 is 23.4 Å². The van der Waals surface area contributed by atoms with E-state index < -0.39 is 4.92 Å². The predicted octanol–water partition coefficient (Wildman–Crippen LogP) is 4.25. The highest BCUT2D eigenvalue weighted by molar-refractivity contribution is 7.99. The van der Waals surface area contributed by atoms with Gasteiger partial charge in [-0.1, -0.05) is 11.6 Å². The fraction of sp³-hybridized carbons (Fsp3) is 0.118. The third-order valence-electron chi connectivity index (χ3n) is 3.59. The summed E-state index contributed by atoms with van der Waals surface area (Å²) in [7, 11) is 0. The minimum Gasteiger partial charge on any atom is -0.360 e. The van der Waals surface area contributed by atoms with E-state index in [1.165, 1.54) is 12.1 Å². The summed E-state index contributed by atoms with van der Waals surface area (Å²) in [5.41, 5.74) is 1.04. The number of rotatable bonds is 6. The molecule has 25 heavy (non-hydrogen) atoms. The van der Waals surface area contributed by atoms with E-state index >= 15 is 0 Å². The van der Waals surface area contributed by atoms with E-state index in [-0.39, 0.29) is 11.6 Å². The number of amides is 1. The molecule has 0 saturated heterocycles. The van der Waals surface area contributed by atoms with Gasteiger partial charge in [0.1, 0.15) is 0 Å². The van der Waals surface area contributed by atoms with Crippen molar-refractivity contribution in [3.8, 4) is 0 Å². The molecule has 0 bridgehead atoms. The number of nitro benzene ring substituents is 1. The molecule has 8 heteroatoms. The van der Waals surface area contributed by atoms with Gasteiger partial charge < -0.3 is 10.3 Å². The molecule has 0 aliphatic carbocycles. The number of nitro groups is 1. The largest absolute Gasteiger partial charge is 0.360 e. The SMILES string of the molecule is O=C(NCCSc1ccc(Cl)cc1)c1c[nH]c2ccc([N+](=O)[O-])cc12. The molecular formula is C17H14ClN3O3S. The van der Waals surface area contributed by atoms with E-state index in [9.17, 15) is 14.9 Å². The van der Waals surface area contributed by atoms with Gasteiger partial charge >= 0.3 is 0 Å². The van der Waals surface area contributed by atoms with Gasteiger partial charge in [0.15, 0.2) is 0 Å². The number of aromatic nitrogens is 1. The molecular weight excluding hydrogens is 362 g/mol. The lowest BCUT2D eigenvalue weighted by molar-refractivity contribution is -0.384. The zero-order chi connectivity index (χ0) is 17.8. The number of nitrogens with one attached hydrogen (secondary N) is 2. The molecule has 1 amide bonds. The number of hydrogen-bond acceptors (Lipinski definition) is 4. The molecule has 128 valence electrons. The summed E-state index contributed by atoms with van der Waals surface area (Å²) < 4.78 is 0. The minimum absolute atomic E-state index is 0.0422. The summed E-state index contributed by atoms with van der Waals surface area (Å²) >= 11 is 7.45. The minimum atomic E-state index is -0.475. The van der Waals surface area contributed by atoms with Crippen molar-refractivity contribution < 1.29 is 9.72 Å². The monoisotopic (exact) mass is 375 g/mol. The average Bonchev–Trinajstić information content (AvgIpc) is 3.03. The Morgan fingerprint density at radius 2 is 2.00 bits per heavy atom. The maximum Gasteiger partial charge on any atom is 0.270 e. The molecule has 0 saturated carbocycles. The summed E-state index contributed by atoms with van der Waals surface area (Å²) in [4.78, 5) is 26.8. The number of nitrogens with zero attached hydrogens (tertiary/aromatic N) is 1. The van der Waals surface area contributed by atoms with Gasteiger partial charge in [0.2, 0.25) is 0 Å². The molecule has 0 atom stereocenters. The number of aromatic amines is 1. The van der Waals surface area contributed by atoms with Crippen LogP contribution < -0.4 is 5.32 Å². The first-order valence-electron chi connectivity index (χ1n) is 7.46. The van der Waals surface area contributed by atoms with E-state index in [2.05, 4.69) is 10.3 Å². The summed E-state index contributed by atoms with van der Waals surface area (Å²) in [5, 5.41) is 15.0. The zero-order valence-electron chi connectivity index (χ0n) is 13.0. The first kappa shape index (κ1) is 17.3. The second kappa shape index (κ2) is 7.58. The molecule has 3 rings (SSSR count). The Balaban J connectivity index is 1.61. The molecule has 6 nitrogen and oxygen atoms in total. The maximum absolute atomic E-state index is 12.3. The molecule has 0 aliphatic heterocycles. The number of fused-ring (bicyclic) bond motifs is 1. The fourth-order valence-electron chi connectivity index (χ4n) is 2.37. The van der Waals surface area contributed by atoms with Crippen LogP contribution in [-0.2, 0) is 0 Å². The topological polar surface area (TPSA) is 88.0 Å². The van der Waals surface area contributed by atoms with Crippen LogP contribution in [0.3, 0.4) is 0 Å². The Labute approximate surface area is 152 Å². The van der Waals surface area contributed by atoms with Crippen LogP contribution in [0.4, 0.5) is 5.69 Å². The summed E-state index contributed by atoms with van der Waals surface area (Å²) in [6, 6.07) is 11.9. The first-order valence-corrected chi connectivity index (χ1v) is 8.83. The first-order chi connectivity index (χ1) is 12.0. The van der Waals surface area contributed by atoms with Gasteiger partial charge in [0.25, 0.3) is 11.6 Å². The molecule has 0 unspecified atom stereocenters. The average molecular weight is 376 g/mol. The highest BCUT2D eigenvalue weighted by Gasteiger charge is 2.15. The number of thioether (sulfide) groups is 1. The highest BCUT2D eigenvalue weighted by atomic mass is 35.5. The second-order valence-electron chi connectivity index (χ2n) is 5.25. The molecule has 1 heterocycles. The number of carbonyl (C=O) groups is 1. The Morgan fingerprint density at radius 1 is 1.24 bits per heavy atom. The van der Waals surface area contributed by atoms with E-state index in [1.807, 2.05) is 24.3 Å². The third-order valence-corrected chi connectivity index (χ3v) is 4.86. The van der Waals surface area contributed by atoms with E-state index in [4.69, 9.17) is 11.6 Å². The van der Waals surface area contributed by atoms with Crippen molar-refractivity contribution >= 4 is 45.9 Å². The number of carbonyl (C=O) groups excluding carboxylic acids is 1. The lowest BCUT2D eigenvalue weighted by Gasteiger charge is -2.05. The van der Waals surface area contributed by atoms with Gasteiger partial charge in [-0.2, -0.15) is 0 Å². The number of benzene rings is 2. The van der Waals surface area contributed by atoms with E-state index in [1.54, 1.807) is 24.0 Å². The van der Waals surface area contributed by atoms with Crippen molar-refractivity contribution in [2.45, 2.75) is 4.90 Å². The van der Waals surface area contributed by atoms with Crippen LogP contribution in [0.5, 0.6) is 0 Å². The normalized spacial score (nSPS) is 10.8. The van der Waals surface area contributed by atoms with Crippen LogP contribution in [0.15, 0.2) is 53.6 Å².